The molecule has 32 heavy (non-hydrogen) atoms. The van der Waals surface area contributed by atoms with Crippen molar-refractivity contribution in [3.05, 3.63) is 59.7 Å². The van der Waals surface area contributed by atoms with Gasteiger partial charge in [0, 0.05) is 13.0 Å². The van der Waals surface area contributed by atoms with E-state index in [-0.39, 0.29) is 23.1 Å². The van der Waals surface area contributed by atoms with Gasteiger partial charge in [0.1, 0.15) is 17.3 Å². The van der Waals surface area contributed by atoms with Crippen LogP contribution in [0.15, 0.2) is 42.5 Å². The molecule has 0 radical (unpaired) electrons. The van der Waals surface area contributed by atoms with Crippen molar-refractivity contribution in [1.29, 1.82) is 0 Å². The first-order chi connectivity index (χ1) is 15.1. The summed E-state index contributed by atoms with van der Waals surface area (Å²) in [5, 5.41) is 9.56. The summed E-state index contributed by atoms with van der Waals surface area (Å²) in [7, 11) is -3.61. The molecule has 1 saturated carbocycles. The van der Waals surface area contributed by atoms with Gasteiger partial charge >= 0.3 is 0 Å². The zero-order valence-electron chi connectivity index (χ0n) is 17.3. The fourth-order valence-corrected chi connectivity index (χ4v) is 5.23. The molecule has 4 rings (SSSR count). The predicted octanol–water partition coefficient (Wildman–Crippen LogP) is 2.33. The van der Waals surface area contributed by atoms with Crippen LogP contribution in [0.5, 0.6) is 0 Å². The van der Waals surface area contributed by atoms with E-state index in [0.717, 1.165) is 18.4 Å². The van der Waals surface area contributed by atoms with Crippen molar-refractivity contribution < 1.29 is 31.5 Å². The van der Waals surface area contributed by atoms with Gasteiger partial charge in [-0.25, -0.2) is 26.3 Å². The third kappa shape index (κ3) is 4.02. The van der Waals surface area contributed by atoms with Crippen LogP contribution in [0.25, 0.3) is 11.1 Å². The summed E-state index contributed by atoms with van der Waals surface area (Å²) in [5.41, 5.74) is -2.36. The predicted molar refractivity (Wildman–Crippen MR) is 112 cm³/mol. The number of benzene rings is 2. The molecule has 1 amide bonds. The molecular formula is C22H23F3N2O4S. The molecule has 2 N–H and O–H groups in total. The summed E-state index contributed by atoms with van der Waals surface area (Å²) < 4.78 is 70.0. The number of carbonyl (C=O) groups is 1. The van der Waals surface area contributed by atoms with Gasteiger partial charge in [0.15, 0.2) is 0 Å². The number of alkyl halides is 1. The van der Waals surface area contributed by atoms with Crippen LogP contribution in [0, 0.1) is 17.6 Å². The molecule has 4 atom stereocenters. The molecule has 2 aromatic carbocycles. The number of amides is 1. The maximum atomic E-state index is 15.9. The van der Waals surface area contributed by atoms with E-state index >= 15 is 4.39 Å². The van der Waals surface area contributed by atoms with Gasteiger partial charge in [0.25, 0.3) is 0 Å². The Balaban J connectivity index is 1.59. The van der Waals surface area contributed by atoms with Crippen molar-refractivity contribution in [2.75, 3.05) is 19.4 Å². The summed E-state index contributed by atoms with van der Waals surface area (Å²) in [4.78, 5) is 14.4. The molecule has 172 valence electrons. The molecule has 2 fully saturated rings. The van der Waals surface area contributed by atoms with Crippen LogP contribution >= 0.6 is 0 Å². The number of halogens is 3. The van der Waals surface area contributed by atoms with Gasteiger partial charge < -0.3 is 10.0 Å². The second-order valence-electron chi connectivity index (χ2n) is 8.33. The molecule has 2 aromatic rings. The average molecular weight is 468 g/mol. The Morgan fingerprint density at radius 2 is 1.88 bits per heavy atom. The Morgan fingerprint density at radius 3 is 2.44 bits per heavy atom. The fourth-order valence-electron chi connectivity index (χ4n) is 4.45. The number of rotatable bonds is 7. The van der Waals surface area contributed by atoms with E-state index in [0.29, 0.717) is 13.0 Å². The smallest absolute Gasteiger partial charge is 0.229 e. The molecule has 10 heteroatoms. The Bertz CT molecular complexity index is 1140. The molecular weight excluding hydrogens is 445 g/mol. The lowest BCUT2D eigenvalue weighted by Gasteiger charge is -2.45. The van der Waals surface area contributed by atoms with Crippen molar-refractivity contribution >= 4 is 15.9 Å². The molecule has 0 spiro atoms. The van der Waals surface area contributed by atoms with E-state index in [1.165, 1.54) is 23.1 Å². The van der Waals surface area contributed by atoms with Gasteiger partial charge in [0.05, 0.1) is 36.4 Å². The summed E-state index contributed by atoms with van der Waals surface area (Å²) in [6, 6.07) is 7.84. The number of aliphatic hydroxyl groups is 1. The van der Waals surface area contributed by atoms with Crippen molar-refractivity contribution in [2.45, 2.75) is 30.6 Å². The topological polar surface area (TPSA) is 86.7 Å². The Hall–Kier alpha value is -2.43. The molecule has 0 aromatic heterocycles. The van der Waals surface area contributed by atoms with Gasteiger partial charge in [-0.3, -0.25) is 4.79 Å². The SMILES string of the molecule is CS(=O)(=O)N[C@@H](CO)C1CCN1C(=O)[C@@H]1C[C@@]1(F)c1ccccc1-c1c(F)cccc1F. The molecule has 1 unspecified atom stereocenters. The largest absolute Gasteiger partial charge is 0.395 e. The Labute approximate surface area is 184 Å². The summed E-state index contributed by atoms with van der Waals surface area (Å²) in [6.45, 7) is -0.204. The first kappa shape index (κ1) is 22.8. The van der Waals surface area contributed by atoms with E-state index < -0.39 is 57.8 Å². The van der Waals surface area contributed by atoms with Crippen LogP contribution in [-0.2, 0) is 20.5 Å². The third-order valence-corrected chi connectivity index (χ3v) is 6.91. The van der Waals surface area contributed by atoms with Crippen molar-refractivity contribution in [2.24, 2.45) is 5.92 Å². The van der Waals surface area contributed by atoms with E-state index in [2.05, 4.69) is 4.72 Å². The quantitative estimate of drug-likeness (QED) is 0.653. The number of sulfonamides is 1. The minimum Gasteiger partial charge on any atom is -0.395 e. The number of nitrogens with zero attached hydrogens (tertiary/aromatic N) is 1. The molecule has 6 nitrogen and oxygen atoms in total. The van der Waals surface area contributed by atoms with Crippen LogP contribution in [-0.4, -0.2) is 55.8 Å². The molecule has 1 aliphatic heterocycles. The van der Waals surface area contributed by atoms with Crippen molar-refractivity contribution in [1.82, 2.24) is 9.62 Å². The van der Waals surface area contributed by atoms with Crippen molar-refractivity contribution in [3.63, 3.8) is 0 Å². The lowest BCUT2D eigenvalue weighted by Crippen LogP contribution is -2.62. The highest BCUT2D eigenvalue weighted by Gasteiger charge is 2.63. The minimum atomic E-state index is -3.61. The first-order valence-electron chi connectivity index (χ1n) is 10.2. The molecule has 1 heterocycles. The average Bonchev–Trinajstić information content (AvgIpc) is 3.38. The number of hydrogen-bond donors (Lipinski definition) is 2. The van der Waals surface area contributed by atoms with E-state index in [9.17, 15) is 27.1 Å². The zero-order chi connectivity index (χ0) is 23.3. The summed E-state index contributed by atoms with van der Waals surface area (Å²) in [6.07, 6.45) is 1.26. The van der Waals surface area contributed by atoms with E-state index in [1.807, 2.05) is 0 Å². The number of aliphatic hydroxyl groups excluding tert-OH is 1. The lowest BCUT2D eigenvalue weighted by atomic mass is 9.92. The van der Waals surface area contributed by atoms with Gasteiger partial charge in [-0.15, -0.1) is 0 Å². The van der Waals surface area contributed by atoms with Crippen LogP contribution in [0.4, 0.5) is 13.2 Å². The fraction of sp³-hybridized carbons (Fsp3) is 0.409. The zero-order valence-corrected chi connectivity index (χ0v) is 18.1. The normalized spacial score (nSPS) is 25.8. The second kappa shape index (κ2) is 8.17. The highest BCUT2D eigenvalue weighted by molar-refractivity contribution is 7.88. The highest BCUT2D eigenvalue weighted by atomic mass is 32.2. The minimum absolute atomic E-state index is 0.0346. The maximum Gasteiger partial charge on any atom is 0.229 e. The first-order valence-corrected chi connectivity index (χ1v) is 12.1. The van der Waals surface area contributed by atoms with E-state index in [4.69, 9.17) is 0 Å². The molecule has 1 saturated heterocycles. The number of nitrogens with one attached hydrogen (secondary N) is 1. The van der Waals surface area contributed by atoms with Crippen LogP contribution in [0.1, 0.15) is 18.4 Å². The highest BCUT2D eigenvalue weighted by Crippen LogP contribution is 2.59. The van der Waals surface area contributed by atoms with Crippen LogP contribution in [0.3, 0.4) is 0 Å². The number of carbonyl (C=O) groups excluding carboxylic acids is 1. The van der Waals surface area contributed by atoms with E-state index in [1.54, 1.807) is 12.1 Å². The van der Waals surface area contributed by atoms with Gasteiger partial charge in [-0.1, -0.05) is 30.3 Å². The number of hydrogen-bond acceptors (Lipinski definition) is 4. The monoisotopic (exact) mass is 468 g/mol. The molecule has 0 bridgehead atoms. The van der Waals surface area contributed by atoms with Crippen molar-refractivity contribution in [3.8, 4) is 11.1 Å². The summed E-state index contributed by atoms with van der Waals surface area (Å²) in [5.74, 6) is -3.23. The van der Waals surface area contributed by atoms with Crippen LogP contribution < -0.4 is 4.72 Å². The maximum absolute atomic E-state index is 15.9. The lowest BCUT2D eigenvalue weighted by molar-refractivity contribution is -0.143. The Kier molecular flexibility index (Phi) is 5.81. The standard InChI is InChI=1S/C22H23F3N2O4S/c1-32(30,31)26-18(12-28)19-9-10-27(19)21(29)15-11-22(15,25)14-6-3-2-5-13(14)20-16(23)7-4-8-17(20)24/h2-8,15,18-19,26,28H,9-12H2,1H3/t15-,18-,19?,22+/m0/s1. The molecule has 2 aliphatic rings. The van der Waals surface area contributed by atoms with Crippen LogP contribution in [0.2, 0.25) is 0 Å². The summed E-state index contributed by atoms with van der Waals surface area (Å²) >= 11 is 0. The van der Waals surface area contributed by atoms with Gasteiger partial charge in [-0.2, -0.15) is 0 Å². The Morgan fingerprint density at radius 1 is 1.22 bits per heavy atom. The second-order valence-corrected chi connectivity index (χ2v) is 10.1. The molecule has 1 aliphatic carbocycles. The van der Waals surface area contributed by atoms with Gasteiger partial charge in [-0.05, 0) is 29.7 Å². The third-order valence-electron chi connectivity index (χ3n) is 6.17. The van der Waals surface area contributed by atoms with Gasteiger partial charge in [0.2, 0.25) is 15.9 Å². The number of likely N-dealkylation sites (tertiary alicyclic amines) is 1.